The lowest BCUT2D eigenvalue weighted by Crippen LogP contribution is -2.29. The minimum absolute atomic E-state index is 0.0282. The summed E-state index contributed by atoms with van der Waals surface area (Å²) in [5.74, 6) is -0.396. The third kappa shape index (κ3) is 36.2. The maximum absolute atomic E-state index is 12.6. The second-order valence-corrected chi connectivity index (χ2v) is 14.4. The Hall–Kier alpha value is -1.58. The number of carbonyl (C=O) groups excluding carboxylic acids is 1. The van der Waals surface area contributed by atoms with E-state index in [-0.39, 0.29) is 19.6 Å². The van der Waals surface area contributed by atoms with Gasteiger partial charge in [-0.1, -0.05) is 146 Å². The Labute approximate surface area is 305 Å². The van der Waals surface area contributed by atoms with Crippen molar-refractivity contribution in [2.45, 2.75) is 167 Å². The Morgan fingerprint density at radius 1 is 0.640 bits per heavy atom. The predicted molar refractivity (Wildman–Crippen MR) is 205 cm³/mol. The van der Waals surface area contributed by atoms with Gasteiger partial charge in [-0.15, -0.1) is 0 Å². The zero-order valence-electron chi connectivity index (χ0n) is 31.6. The van der Waals surface area contributed by atoms with Crippen LogP contribution in [0.4, 0.5) is 0 Å². The first-order valence-electron chi connectivity index (χ1n) is 19.6. The topological polar surface area (TPSA) is 132 Å². The molecule has 3 unspecified atom stereocenters. The molecule has 0 spiro atoms. The average molecular weight is 729 g/mol. The van der Waals surface area contributed by atoms with Gasteiger partial charge in [0, 0.05) is 13.0 Å². The van der Waals surface area contributed by atoms with Crippen LogP contribution in [0, 0.1) is 0 Å². The molecule has 0 aromatic carbocycles. The molecule has 0 amide bonds. The van der Waals surface area contributed by atoms with Crippen molar-refractivity contribution < 1.29 is 43.0 Å². The maximum atomic E-state index is 12.6. The first kappa shape index (κ1) is 48.4. The Bertz CT molecular complexity index is 919. The van der Waals surface area contributed by atoms with Crippen molar-refractivity contribution in [2.24, 2.45) is 0 Å². The molecule has 9 nitrogen and oxygen atoms in total. The van der Waals surface area contributed by atoms with E-state index in [0.717, 1.165) is 70.6 Å². The molecule has 3 N–H and O–H groups in total. The lowest BCUT2D eigenvalue weighted by atomic mass is 10.0. The Kier molecular flexibility index (Phi) is 36.0. The lowest BCUT2D eigenvalue weighted by Gasteiger charge is -2.20. The number of unbranched alkanes of at least 4 members (excludes halogenated alkanes) is 15. The highest BCUT2D eigenvalue weighted by Gasteiger charge is 2.26. The van der Waals surface area contributed by atoms with Gasteiger partial charge >= 0.3 is 13.8 Å². The molecule has 0 radical (unpaired) electrons. The van der Waals surface area contributed by atoms with Crippen molar-refractivity contribution in [2.75, 3.05) is 33.0 Å². The van der Waals surface area contributed by atoms with Crippen molar-refractivity contribution in [3.63, 3.8) is 0 Å². The van der Waals surface area contributed by atoms with Gasteiger partial charge in [-0.2, -0.15) is 0 Å². The molecule has 0 aromatic heterocycles. The van der Waals surface area contributed by atoms with Crippen molar-refractivity contribution >= 4 is 13.8 Å². The number of esters is 1. The summed E-state index contributed by atoms with van der Waals surface area (Å²) in [5, 5.41) is 18.3. The summed E-state index contributed by atoms with van der Waals surface area (Å²) in [6, 6.07) is 0. The van der Waals surface area contributed by atoms with Crippen LogP contribution < -0.4 is 0 Å². The molecular weight excluding hydrogens is 655 g/mol. The normalized spacial score (nSPS) is 14.7. The van der Waals surface area contributed by atoms with Gasteiger partial charge in [0.05, 0.1) is 26.4 Å². The third-order valence-corrected chi connectivity index (χ3v) is 8.98. The number of hydrogen-bond acceptors (Lipinski definition) is 8. The molecule has 0 fully saturated rings. The fourth-order valence-corrected chi connectivity index (χ4v) is 5.84. The molecule has 0 aromatic rings. The minimum Gasteiger partial charge on any atom is -0.457 e. The van der Waals surface area contributed by atoms with E-state index in [1.165, 1.54) is 64.2 Å². The highest BCUT2D eigenvalue weighted by Crippen LogP contribution is 2.43. The van der Waals surface area contributed by atoms with Crippen molar-refractivity contribution in [1.29, 1.82) is 0 Å². The molecule has 3 atom stereocenters. The summed E-state index contributed by atoms with van der Waals surface area (Å²) in [7, 11) is -4.52. The van der Waals surface area contributed by atoms with Crippen LogP contribution in [0.1, 0.15) is 155 Å². The summed E-state index contributed by atoms with van der Waals surface area (Å²) in [5.41, 5.74) is 0. The highest BCUT2D eigenvalue weighted by atomic mass is 31.2. The zero-order chi connectivity index (χ0) is 36.8. The van der Waals surface area contributed by atoms with E-state index >= 15 is 0 Å². The Balaban J connectivity index is 4.28. The largest absolute Gasteiger partial charge is 0.472 e. The number of ether oxygens (including phenoxy) is 2. The minimum atomic E-state index is -4.52. The van der Waals surface area contributed by atoms with Crippen molar-refractivity contribution in [1.82, 2.24) is 0 Å². The smallest absolute Gasteiger partial charge is 0.457 e. The number of phosphoric acid groups is 1. The van der Waals surface area contributed by atoms with E-state index in [0.29, 0.717) is 6.61 Å². The number of rotatable bonds is 37. The number of allylic oxidation sites excluding steroid dienone is 8. The quantitative estimate of drug-likeness (QED) is 0.0247. The molecule has 0 rings (SSSR count). The third-order valence-electron chi connectivity index (χ3n) is 8.03. The average Bonchev–Trinajstić information content (AvgIpc) is 3.10. The van der Waals surface area contributed by atoms with Gasteiger partial charge in [0.15, 0.2) is 0 Å². The van der Waals surface area contributed by atoms with Gasteiger partial charge < -0.3 is 24.6 Å². The van der Waals surface area contributed by atoms with Gasteiger partial charge in [0.2, 0.25) is 0 Å². The number of aliphatic hydroxyl groups is 2. The number of aliphatic hydroxyl groups excluding tert-OH is 2. The van der Waals surface area contributed by atoms with Gasteiger partial charge in [0.1, 0.15) is 12.2 Å². The zero-order valence-corrected chi connectivity index (χ0v) is 32.5. The molecule has 0 aliphatic carbocycles. The molecule has 0 saturated carbocycles. The van der Waals surface area contributed by atoms with E-state index in [1.807, 2.05) is 0 Å². The molecule has 10 heteroatoms. The predicted octanol–water partition coefficient (Wildman–Crippen LogP) is 10.2. The Morgan fingerprint density at radius 3 is 1.70 bits per heavy atom. The van der Waals surface area contributed by atoms with Crippen LogP contribution >= 0.6 is 7.82 Å². The van der Waals surface area contributed by atoms with Gasteiger partial charge in [0.25, 0.3) is 0 Å². The number of phosphoric ester groups is 1. The monoisotopic (exact) mass is 728 g/mol. The summed E-state index contributed by atoms with van der Waals surface area (Å²) in [4.78, 5) is 22.5. The SMILES string of the molecule is CC/C=C\C/C=C\C/C=C\C/C=C\CCCCCOCC(COP(=O)(O)OCC(O)CO)OC(=O)CCCCCCCCCCCCCCC. The lowest BCUT2D eigenvalue weighted by molar-refractivity contribution is -0.154. The molecule has 0 saturated heterocycles. The van der Waals surface area contributed by atoms with Crippen LogP contribution in [0.2, 0.25) is 0 Å². The first-order valence-corrected chi connectivity index (χ1v) is 21.1. The standard InChI is InChI=1S/C40H73O9P/c1-3-5-7-9-11-13-15-17-18-19-21-23-25-27-29-31-33-46-36-39(37-48-50(44,45)47-35-38(42)34-41)49-40(43)32-30-28-26-24-22-20-16-14-12-10-8-6-4-2/h5,7,11,13,17-18,21,23,38-39,41-42H,3-4,6,8-10,12,14-16,19-20,22,24-37H2,1-2H3,(H,44,45)/b7-5-,13-11-,18-17-,23-21-. The second kappa shape index (κ2) is 37.2. The summed E-state index contributed by atoms with van der Waals surface area (Å²) >= 11 is 0. The summed E-state index contributed by atoms with van der Waals surface area (Å²) < 4.78 is 33.2. The maximum Gasteiger partial charge on any atom is 0.472 e. The molecule has 0 aliphatic heterocycles. The molecule has 0 bridgehead atoms. The molecule has 50 heavy (non-hydrogen) atoms. The Morgan fingerprint density at radius 2 is 1.14 bits per heavy atom. The van der Waals surface area contributed by atoms with Crippen LogP contribution in [0.25, 0.3) is 0 Å². The van der Waals surface area contributed by atoms with E-state index in [9.17, 15) is 19.4 Å². The molecule has 292 valence electrons. The van der Waals surface area contributed by atoms with Crippen LogP contribution in [0.3, 0.4) is 0 Å². The molecule has 0 aliphatic rings. The summed E-state index contributed by atoms with van der Waals surface area (Å²) in [6.07, 6.45) is 39.3. The second-order valence-electron chi connectivity index (χ2n) is 12.9. The van der Waals surface area contributed by atoms with Gasteiger partial charge in [-0.05, 0) is 51.4 Å². The van der Waals surface area contributed by atoms with Gasteiger partial charge in [-0.25, -0.2) is 4.57 Å². The van der Waals surface area contributed by atoms with Gasteiger partial charge in [-0.3, -0.25) is 13.8 Å². The number of hydrogen-bond donors (Lipinski definition) is 3. The number of carbonyl (C=O) groups is 1. The molecular formula is C40H73O9P. The fourth-order valence-electron chi connectivity index (χ4n) is 5.05. The van der Waals surface area contributed by atoms with E-state index in [1.54, 1.807) is 0 Å². The van der Waals surface area contributed by atoms with E-state index < -0.39 is 39.2 Å². The van der Waals surface area contributed by atoms with E-state index in [4.69, 9.17) is 23.6 Å². The van der Waals surface area contributed by atoms with E-state index in [2.05, 4.69) is 62.5 Å². The van der Waals surface area contributed by atoms with Crippen LogP contribution in [0.15, 0.2) is 48.6 Å². The van der Waals surface area contributed by atoms with Crippen LogP contribution in [-0.2, 0) is 27.9 Å². The van der Waals surface area contributed by atoms with Crippen molar-refractivity contribution in [3.05, 3.63) is 48.6 Å². The first-order chi connectivity index (χ1) is 24.3. The summed E-state index contributed by atoms with van der Waals surface area (Å²) in [6.45, 7) is 3.31. The highest BCUT2D eigenvalue weighted by molar-refractivity contribution is 7.47. The molecule has 0 heterocycles. The van der Waals surface area contributed by atoms with Crippen LogP contribution in [0.5, 0.6) is 0 Å². The van der Waals surface area contributed by atoms with Crippen molar-refractivity contribution in [3.8, 4) is 0 Å². The fraction of sp³-hybridized carbons (Fsp3) is 0.775. The van der Waals surface area contributed by atoms with Crippen LogP contribution in [-0.4, -0.2) is 66.3 Å².